The summed E-state index contributed by atoms with van der Waals surface area (Å²) in [6.45, 7) is 4.24. The molecule has 0 saturated carbocycles. The molecule has 0 unspecified atom stereocenters. The molecule has 1 amide bonds. The first-order valence-corrected chi connectivity index (χ1v) is 9.62. The van der Waals surface area contributed by atoms with Gasteiger partial charge in [0.1, 0.15) is 5.75 Å². The third-order valence-corrected chi connectivity index (χ3v) is 4.72. The van der Waals surface area contributed by atoms with Crippen LogP contribution >= 0.6 is 0 Å². The predicted octanol–water partition coefficient (Wildman–Crippen LogP) is 4.65. The van der Waals surface area contributed by atoms with E-state index < -0.39 is 0 Å². The fourth-order valence-corrected chi connectivity index (χ4v) is 3.30. The number of hydrogen-bond donors (Lipinski definition) is 1. The highest BCUT2D eigenvalue weighted by Crippen LogP contribution is 2.27. The average Bonchev–Trinajstić information content (AvgIpc) is 3.06. The summed E-state index contributed by atoms with van der Waals surface area (Å²) < 4.78 is 5.74. The highest BCUT2D eigenvalue weighted by atomic mass is 16.5. The second-order valence-corrected chi connectivity index (χ2v) is 6.78. The second kappa shape index (κ2) is 9.27. The number of amides is 1. The molecule has 0 atom stereocenters. The Hall–Kier alpha value is -2.49. The molecule has 4 nitrogen and oxygen atoms in total. The number of nitrogens with one attached hydrogen (secondary N) is 1. The van der Waals surface area contributed by atoms with Gasteiger partial charge in [0.05, 0.1) is 13.2 Å². The van der Waals surface area contributed by atoms with Crippen LogP contribution in [0.15, 0.2) is 48.5 Å². The molecule has 2 aromatic carbocycles. The minimum absolute atomic E-state index is 0.00920. The Bertz CT molecular complexity index is 712. The van der Waals surface area contributed by atoms with Gasteiger partial charge in [0.15, 0.2) is 0 Å². The maximum atomic E-state index is 12.4. The molecule has 1 aliphatic heterocycles. The van der Waals surface area contributed by atoms with Crippen molar-refractivity contribution in [3.63, 3.8) is 0 Å². The number of anilines is 2. The number of para-hydroxylation sites is 1. The summed E-state index contributed by atoms with van der Waals surface area (Å²) in [5.74, 6) is 0.864. The summed E-state index contributed by atoms with van der Waals surface area (Å²) in [7, 11) is 0. The molecule has 0 spiro atoms. The zero-order valence-corrected chi connectivity index (χ0v) is 15.5. The molecule has 0 aliphatic carbocycles. The molecular formula is C22H28N2O2. The van der Waals surface area contributed by atoms with Crippen LogP contribution in [-0.4, -0.2) is 25.6 Å². The van der Waals surface area contributed by atoms with Gasteiger partial charge in [-0.25, -0.2) is 0 Å². The van der Waals surface area contributed by atoms with E-state index in [1.807, 2.05) is 30.3 Å². The number of nitrogens with zero attached hydrogens (tertiary/aromatic N) is 1. The van der Waals surface area contributed by atoms with Gasteiger partial charge in [-0.15, -0.1) is 0 Å². The number of carbonyl (C=O) groups excluding carboxylic acids is 1. The van der Waals surface area contributed by atoms with Crippen LogP contribution in [0.1, 0.15) is 38.2 Å². The summed E-state index contributed by atoms with van der Waals surface area (Å²) in [6.07, 6.45) is 5.80. The van der Waals surface area contributed by atoms with Gasteiger partial charge in [0.25, 0.3) is 0 Å². The zero-order chi connectivity index (χ0) is 18.2. The zero-order valence-electron chi connectivity index (χ0n) is 15.5. The van der Waals surface area contributed by atoms with Gasteiger partial charge in [-0.3, -0.25) is 4.79 Å². The van der Waals surface area contributed by atoms with Gasteiger partial charge in [-0.1, -0.05) is 44.4 Å². The Morgan fingerprint density at radius 1 is 1.08 bits per heavy atom. The number of ether oxygens (including phenoxy) is 1. The number of hydrogen-bond acceptors (Lipinski definition) is 3. The lowest BCUT2D eigenvalue weighted by atomic mass is 10.2. The lowest BCUT2D eigenvalue weighted by molar-refractivity contribution is -0.115. The third kappa shape index (κ3) is 5.01. The molecule has 0 aromatic heterocycles. The first kappa shape index (κ1) is 18.3. The normalized spacial score (nSPS) is 12.7. The molecule has 0 saturated heterocycles. The van der Waals surface area contributed by atoms with E-state index in [-0.39, 0.29) is 5.91 Å². The average molecular weight is 352 g/mol. The minimum Gasteiger partial charge on any atom is -0.494 e. The van der Waals surface area contributed by atoms with Gasteiger partial charge in [0, 0.05) is 17.9 Å². The topological polar surface area (TPSA) is 41.6 Å². The second-order valence-electron chi connectivity index (χ2n) is 6.78. The van der Waals surface area contributed by atoms with Crippen LogP contribution < -0.4 is 15.0 Å². The molecule has 0 fully saturated rings. The smallest absolute Gasteiger partial charge is 0.243 e. The van der Waals surface area contributed by atoms with Crippen LogP contribution in [-0.2, 0) is 11.2 Å². The summed E-state index contributed by atoms with van der Waals surface area (Å²) >= 11 is 0. The number of benzene rings is 2. The molecule has 4 heteroatoms. The van der Waals surface area contributed by atoms with Gasteiger partial charge in [-0.05, 0) is 48.7 Å². The number of rotatable bonds is 9. The predicted molar refractivity (Wildman–Crippen MR) is 107 cm³/mol. The van der Waals surface area contributed by atoms with E-state index >= 15 is 0 Å². The molecule has 2 aromatic rings. The maximum absolute atomic E-state index is 12.4. The number of unbranched alkanes of at least 4 members (excludes halogenated alkanes) is 3. The van der Waals surface area contributed by atoms with Crippen molar-refractivity contribution >= 4 is 17.3 Å². The van der Waals surface area contributed by atoms with Gasteiger partial charge in [0.2, 0.25) is 5.91 Å². The largest absolute Gasteiger partial charge is 0.494 e. The van der Waals surface area contributed by atoms with Crippen LogP contribution in [0.3, 0.4) is 0 Å². The molecule has 0 bridgehead atoms. The van der Waals surface area contributed by atoms with Crippen molar-refractivity contribution in [3.05, 3.63) is 54.1 Å². The molecule has 0 radical (unpaired) electrons. The molecule has 3 rings (SSSR count). The quantitative estimate of drug-likeness (QED) is 0.668. The Balaban J connectivity index is 1.45. The standard InChI is InChI=1S/C22H28N2O2/c1-2-3-4-7-16-26-20-12-10-19(11-13-20)23-22(25)17-24-15-14-18-8-5-6-9-21(18)24/h5-6,8-13H,2-4,7,14-17H2,1H3,(H,23,25). The molecule has 1 heterocycles. The van der Waals surface area contributed by atoms with E-state index in [0.717, 1.165) is 37.4 Å². The van der Waals surface area contributed by atoms with Crippen molar-refractivity contribution < 1.29 is 9.53 Å². The van der Waals surface area contributed by atoms with Crippen LogP contribution in [0, 0.1) is 0 Å². The van der Waals surface area contributed by atoms with Crippen LogP contribution in [0.4, 0.5) is 11.4 Å². The van der Waals surface area contributed by atoms with Crippen molar-refractivity contribution in [3.8, 4) is 5.75 Å². The molecule has 26 heavy (non-hydrogen) atoms. The Labute approximate surface area is 156 Å². The van der Waals surface area contributed by atoms with Gasteiger partial charge >= 0.3 is 0 Å². The van der Waals surface area contributed by atoms with E-state index in [2.05, 4.69) is 35.3 Å². The molecule has 138 valence electrons. The third-order valence-electron chi connectivity index (χ3n) is 4.72. The van der Waals surface area contributed by atoms with E-state index in [4.69, 9.17) is 4.74 Å². The van der Waals surface area contributed by atoms with Gasteiger partial charge in [-0.2, -0.15) is 0 Å². The molecular weight excluding hydrogens is 324 g/mol. The first-order chi connectivity index (χ1) is 12.8. The Morgan fingerprint density at radius 3 is 2.69 bits per heavy atom. The van der Waals surface area contributed by atoms with Crippen molar-refractivity contribution in [1.29, 1.82) is 0 Å². The van der Waals surface area contributed by atoms with E-state index in [9.17, 15) is 4.79 Å². The van der Waals surface area contributed by atoms with E-state index in [1.54, 1.807) is 0 Å². The van der Waals surface area contributed by atoms with Gasteiger partial charge < -0.3 is 15.0 Å². The molecule has 1 aliphatic rings. The fraction of sp³-hybridized carbons (Fsp3) is 0.409. The van der Waals surface area contributed by atoms with Crippen molar-refractivity contribution in [2.24, 2.45) is 0 Å². The highest BCUT2D eigenvalue weighted by molar-refractivity contribution is 5.94. The number of fused-ring (bicyclic) bond motifs is 1. The van der Waals surface area contributed by atoms with Crippen LogP contribution in [0.2, 0.25) is 0 Å². The maximum Gasteiger partial charge on any atom is 0.243 e. The molecule has 1 N–H and O–H groups in total. The van der Waals surface area contributed by atoms with E-state index in [1.165, 1.54) is 30.5 Å². The van der Waals surface area contributed by atoms with Crippen LogP contribution in [0.25, 0.3) is 0 Å². The summed E-state index contributed by atoms with van der Waals surface area (Å²) in [4.78, 5) is 14.5. The van der Waals surface area contributed by atoms with Crippen molar-refractivity contribution in [1.82, 2.24) is 0 Å². The van der Waals surface area contributed by atoms with Crippen LogP contribution in [0.5, 0.6) is 5.75 Å². The Kier molecular flexibility index (Phi) is 6.53. The lowest BCUT2D eigenvalue weighted by Crippen LogP contribution is -2.31. The SMILES string of the molecule is CCCCCCOc1ccc(NC(=O)CN2CCc3ccccc32)cc1. The number of carbonyl (C=O) groups is 1. The Morgan fingerprint density at radius 2 is 1.88 bits per heavy atom. The minimum atomic E-state index is 0.00920. The van der Waals surface area contributed by atoms with E-state index in [0.29, 0.717) is 6.54 Å². The fourth-order valence-electron chi connectivity index (χ4n) is 3.30. The monoisotopic (exact) mass is 352 g/mol. The first-order valence-electron chi connectivity index (χ1n) is 9.62. The van der Waals surface area contributed by atoms with Crippen molar-refractivity contribution in [2.45, 2.75) is 39.0 Å². The highest BCUT2D eigenvalue weighted by Gasteiger charge is 2.20. The summed E-state index contributed by atoms with van der Waals surface area (Å²) in [6, 6.07) is 15.9. The summed E-state index contributed by atoms with van der Waals surface area (Å²) in [5.41, 5.74) is 3.30. The summed E-state index contributed by atoms with van der Waals surface area (Å²) in [5, 5.41) is 2.97. The van der Waals surface area contributed by atoms with Crippen molar-refractivity contribution in [2.75, 3.05) is 29.9 Å². The lowest BCUT2D eigenvalue weighted by Gasteiger charge is -2.18.